The first-order valence-corrected chi connectivity index (χ1v) is 20.1. The minimum absolute atomic E-state index is 0.0654. The lowest BCUT2D eigenvalue weighted by atomic mass is 9.82. The quantitative estimate of drug-likeness (QED) is 0.181. The van der Waals surface area contributed by atoms with Crippen molar-refractivity contribution in [2.45, 2.75) is 52.9 Å². The van der Waals surface area contributed by atoms with Crippen LogP contribution in [0.15, 0.2) is 136 Å². The number of allylic oxidation sites excluding steroid dienone is 7. The SMILES string of the molecule is C/C(C1=CC(c2ccc(Cl)c(Cl)c2)OC(c2ccc(Cl)c(Cl)c2)=C1)=C1C([O-])=C(/C(C)=C2\C=C(c3ccc(C)c(C)c3)OC(c3ccc(C)c(Cl)c3)=C2)C(=O)C2OC/12. The third kappa shape index (κ3) is 7.54. The van der Waals surface area contributed by atoms with Crippen molar-refractivity contribution in [3.05, 3.63) is 200 Å². The molecule has 0 N–H and O–H groups in total. The minimum atomic E-state index is -0.787. The number of carbonyl (C=O) groups excluding carboxylic acids is 1. The Kier molecular flexibility index (Phi) is 10.6. The second kappa shape index (κ2) is 15.4. The van der Waals surface area contributed by atoms with Gasteiger partial charge in [-0.15, -0.1) is 0 Å². The largest absolute Gasteiger partial charge is 0.872 e. The van der Waals surface area contributed by atoms with E-state index in [1.807, 2.05) is 87.5 Å². The second-order valence-corrected chi connectivity index (χ2v) is 16.6. The molecule has 0 aromatic heterocycles. The summed E-state index contributed by atoms with van der Waals surface area (Å²) in [4.78, 5) is 14.0. The first kappa shape index (κ1) is 39.4. The van der Waals surface area contributed by atoms with Crippen LogP contribution in [0.5, 0.6) is 0 Å². The van der Waals surface area contributed by atoms with Gasteiger partial charge in [0.2, 0.25) is 0 Å². The van der Waals surface area contributed by atoms with Crippen molar-refractivity contribution in [1.29, 1.82) is 0 Å². The average Bonchev–Trinajstić information content (AvgIpc) is 4.00. The van der Waals surface area contributed by atoms with Crippen molar-refractivity contribution < 1.29 is 24.1 Å². The lowest BCUT2D eigenvalue weighted by Crippen LogP contribution is -2.29. The fourth-order valence-corrected chi connectivity index (χ4v) is 7.96. The maximum atomic E-state index is 14.8. The van der Waals surface area contributed by atoms with Gasteiger partial charge in [-0.1, -0.05) is 94.1 Å². The first-order valence-electron chi connectivity index (χ1n) is 18.2. The molecule has 10 heteroatoms. The van der Waals surface area contributed by atoms with Crippen LogP contribution in [0.1, 0.15) is 58.9 Å². The van der Waals surface area contributed by atoms with E-state index in [1.165, 1.54) is 0 Å². The molecule has 4 aromatic carbocycles. The van der Waals surface area contributed by atoms with Crippen molar-refractivity contribution in [3.63, 3.8) is 0 Å². The third-order valence-electron chi connectivity index (χ3n) is 10.8. The summed E-state index contributed by atoms with van der Waals surface area (Å²) in [5, 5.41) is 16.9. The summed E-state index contributed by atoms with van der Waals surface area (Å²) in [5.41, 5.74) is 9.18. The number of ketones is 1. The molecule has 3 atom stereocenters. The Morgan fingerprint density at radius 2 is 1.21 bits per heavy atom. The van der Waals surface area contributed by atoms with Gasteiger partial charge in [0.15, 0.2) is 11.9 Å². The van der Waals surface area contributed by atoms with Crippen LogP contribution < -0.4 is 5.11 Å². The molecule has 3 heterocycles. The highest BCUT2D eigenvalue weighted by Crippen LogP contribution is 2.47. The Balaban J connectivity index is 1.29. The highest BCUT2D eigenvalue weighted by atomic mass is 35.5. The molecule has 0 saturated carbocycles. The highest BCUT2D eigenvalue weighted by molar-refractivity contribution is 6.42. The Hall–Kier alpha value is -4.46. The number of aryl methyl sites for hydroxylation is 3. The summed E-state index contributed by atoms with van der Waals surface area (Å²) in [6.45, 7) is 9.68. The molecule has 1 fully saturated rings. The van der Waals surface area contributed by atoms with Gasteiger partial charge in [-0.25, -0.2) is 0 Å². The number of hydrogen-bond donors (Lipinski definition) is 0. The van der Waals surface area contributed by atoms with Gasteiger partial charge >= 0.3 is 0 Å². The second-order valence-electron chi connectivity index (χ2n) is 14.5. The number of carbonyl (C=O) groups is 1. The number of ether oxygens (including phenoxy) is 3. The van der Waals surface area contributed by atoms with Gasteiger partial charge in [0.25, 0.3) is 0 Å². The number of Topliss-reactive ketones (excluding diaryl/α,β-unsaturated/α-hetero) is 1. The summed E-state index contributed by atoms with van der Waals surface area (Å²) < 4.78 is 19.0. The van der Waals surface area contributed by atoms with Crippen LogP contribution in [0.3, 0.4) is 0 Å². The van der Waals surface area contributed by atoms with Crippen LogP contribution in [-0.4, -0.2) is 18.0 Å². The van der Waals surface area contributed by atoms with Gasteiger partial charge in [0.1, 0.15) is 29.5 Å². The topological polar surface area (TPSA) is 71.1 Å². The molecule has 4 aliphatic rings. The summed E-state index contributed by atoms with van der Waals surface area (Å²) in [6.07, 6.45) is 5.40. The number of hydrogen-bond acceptors (Lipinski definition) is 5. The van der Waals surface area contributed by atoms with Gasteiger partial charge in [-0.05, 0) is 152 Å². The molecule has 0 radical (unpaired) electrons. The highest BCUT2D eigenvalue weighted by Gasteiger charge is 2.52. The number of fused-ring (bicyclic) bond motifs is 1. The molecular weight excluding hydrogens is 822 g/mol. The van der Waals surface area contributed by atoms with Crippen molar-refractivity contribution in [2.75, 3.05) is 0 Å². The lowest BCUT2D eigenvalue weighted by molar-refractivity contribution is -0.299. The van der Waals surface area contributed by atoms with Gasteiger partial charge in [0.05, 0.1) is 20.1 Å². The van der Waals surface area contributed by atoms with E-state index in [-0.39, 0.29) is 11.4 Å². The number of epoxide rings is 1. The molecule has 57 heavy (non-hydrogen) atoms. The Labute approximate surface area is 356 Å². The van der Waals surface area contributed by atoms with E-state index in [4.69, 9.17) is 72.2 Å². The fraction of sp³-hybridized carbons (Fsp3) is 0.170. The monoisotopic (exact) mass is 853 g/mol. The van der Waals surface area contributed by atoms with Crippen LogP contribution in [0.4, 0.5) is 0 Å². The molecule has 0 amide bonds. The summed E-state index contributed by atoms with van der Waals surface area (Å²) in [5.74, 6) is 0.856. The van der Waals surface area contributed by atoms with Gasteiger partial charge in [-0.3, -0.25) is 4.79 Å². The third-order valence-corrected chi connectivity index (χ3v) is 12.7. The molecule has 3 unspecified atom stereocenters. The molecule has 5 nitrogen and oxygen atoms in total. The maximum Gasteiger partial charge on any atom is 0.194 e. The van der Waals surface area contributed by atoms with Crippen LogP contribution in [-0.2, 0) is 19.0 Å². The zero-order valence-electron chi connectivity index (χ0n) is 31.4. The van der Waals surface area contributed by atoms with E-state index >= 15 is 0 Å². The summed E-state index contributed by atoms with van der Waals surface area (Å²) in [6, 6.07) is 22.3. The van der Waals surface area contributed by atoms with Crippen molar-refractivity contribution in [1.82, 2.24) is 0 Å². The molecule has 4 aromatic rings. The Bertz CT molecular complexity index is 2590. The molecule has 1 aliphatic carbocycles. The molecule has 0 bridgehead atoms. The Morgan fingerprint density at radius 1 is 0.614 bits per heavy atom. The van der Waals surface area contributed by atoms with Crippen molar-refractivity contribution in [3.8, 4) is 0 Å². The van der Waals surface area contributed by atoms with E-state index in [9.17, 15) is 9.90 Å². The van der Waals surface area contributed by atoms with Gasteiger partial charge in [0, 0.05) is 27.3 Å². The smallest absolute Gasteiger partial charge is 0.194 e. The summed E-state index contributed by atoms with van der Waals surface area (Å²) in [7, 11) is 0. The zero-order valence-corrected chi connectivity index (χ0v) is 35.2. The molecule has 0 spiro atoms. The van der Waals surface area contributed by atoms with E-state index in [0.717, 1.165) is 33.4 Å². The van der Waals surface area contributed by atoms with E-state index in [0.29, 0.717) is 75.8 Å². The average molecular weight is 856 g/mol. The van der Waals surface area contributed by atoms with Crippen LogP contribution in [0.2, 0.25) is 25.1 Å². The molecule has 3 aliphatic heterocycles. The molecule has 288 valence electrons. The first-order chi connectivity index (χ1) is 27.2. The van der Waals surface area contributed by atoms with Crippen LogP contribution >= 0.6 is 58.0 Å². The van der Waals surface area contributed by atoms with E-state index < -0.39 is 24.1 Å². The minimum Gasteiger partial charge on any atom is -0.872 e. The van der Waals surface area contributed by atoms with E-state index in [2.05, 4.69) is 13.0 Å². The van der Waals surface area contributed by atoms with Gasteiger partial charge < -0.3 is 19.3 Å². The predicted molar refractivity (Wildman–Crippen MR) is 228 cm³/mol. The van der Waals surface area contributed by atoms with E-state index in [1.54, 1.807) is 31.2 Å². The number of halogens is 5. The van der Waals surface area contributed by atoms with Crippen LogP contribution in [0.25, 0.3) is 17.3 Å². The van der Waals surface area contributed by atoms with Crippen molar-refractivity contribution in [2.24, 2.45) is 0 Å². The molecule has 1 saturated heterocycles. The number of benzene rings is 4. The molecule has 8 rings (SSSR count). The van der Waals surface area contributed by atoms with Crippen LogP contribution in [0, 0.1) is 20.8 Å². The summed E-state index contributed by atoms with van der Waals surface area (Å²) >= 11 is 32.0. The lowest BCUT2D eigenvalue weighted by Gasteiger charge is -2.30. The Morgan fingerprint density at radius 3 is 1.86 bits per heavy atom. The maximum absolute atomic E-state index is 14.8. The predicted octanol–water partition coefficient (Wildman–Crippen LogP) is 12.6. The number of rotatable bonds is 6. The fourth-order valence-electron chi connectivity index (χ4n) is 7.18. The van der Waals surface area contributed by atoms with Crippen molar-refractivity contribution >= 4 is 81.1 Å². The normalized spacial score (nSPS) is 22.1. The van der Waals surface area contributed by atoms with Gasteiger partial charge in [-0.2, -0.15) is 0 Å². The molecular formula is C47H34Cl5O5-. The standard InChI is InChI=1S/C47H35Cl5O5/c1-22-6-8-27(14-24(22)3)38-18-31(19-39(55-38)28-9-7-23(2)35(50)15-28)25(4)42-44(53)43(46-47(57-46)45(42)54)26(5)32-20-40(29-10-12-33(48)36(51)16-29)56-41(21-32)30-11-13-34(49)37(52)17-30/h6-21,40,46-47,53H,1-5H3/p-1/b31-25+,43-26+. The zero-order chi connectivity index (χ0) is 40.4.